The Morgan fingerprint density at radius 2 is 1.79 bits per heavy atom. The molecular weight excluding hydrogens is 306 g/mol. The van der Waals surface area contributed by atoms with Crippen LogP contribution in [0.25, 0.3) is 10.9 Å². The molecule has 0 aliphatic rings. The molecule has 0 saturated carbocycles. The summed E-state index contributed by atoms with van der Waals surface area (Å²) in [4.78, 5) is 24.0. The second-order valence-electron chi connectivity index (χ2n) is 5.57. The maximum atomic E-state index is 12.2. The molecule has 24 heavy (non-hydrogen) atoms. The van der Waals surface area contributed by atoms with Gasteiger partial charge >= 0.3 is 11.4 Å². The van der Waals surface area contributed by atoms with Crippen LogP contribution in [0.15, 0.2) is 62.5 Å². The predicted molar refractivity (Wildman–Crippen MR) is 92.7 cm³/mol. The summed E-state index contributed by atoms with van der Waals surface area (Å²) in [5.41, 5.74) is 0.816. The minimum absolute atomic E-state index is 0.283. The summed E-state index contributed by atoms with van der Waals surface area (Å²) in [5, 5.41) is 0.390. The fourth-order valence-corrected chi connectivity index (χ4v) is 2.59. The standard InChI is InChI=1S/C19H19NO4/c1-2-3-12-23-17-11-7-4-8-14(17)13-20-16-10-6-5-9-15(16)18(21)24-19(20)22/h4-11H,2-3,12-13H2,1H3. The van der Waals surface area contributed by atoms with Crippen molar-refractivity contribution in [2.24, 2.45) is 0 Å². The Bertz CT molecular complexity index is 955. The van der Waals surface area contributed by atoms with Crippen molar-refractivity contribution in [1.82, 2.24) is 4.57 Å². The zero-order valence-corrected chi connectivity index (χ0v) is 13.5. The van der Waals surface area contributed by atoms with Crippen LogP contribution in [-0.2, 0) is 6.54 Å². The van der Waals surface area contributed by atoms with Gasteiger partial charge in [-0.2, -0.15) is 0 Å². The van der Waals surface area contributed by atoms with E-state index in [0.717, 1.165) is 24.2 Å². The molecule has 0 aliphatic carbocycles. The summed E-state index contributed by atoms with van der Waals surface area (Å²) in [6, 6.07) is 14.5. The second-order valence-corrected chi connectivity index (χ2v) is 5.57. The van der Waals surface area contributed by atoms with Crippen molar-refractivity contribution in [3.05, 3.63) is 75.1 Å². The van der Waals surface area contributed by atoms with Gasteiger partial charge in [0.2, 0.25) is 0 Å². The third-order valence-electron chi connectivity index (χ3n) is 3.87. The zero-order valence-electron chi connectivity index (χ0n) is 13.5. The fourth-order valence-electron chi connectivity index (χ4n) is 2.59. The Balaban J connectivity index is 2.02. The fraction of sp³-hybridized carbons (Fsp3) is 0.263. The van der Waals surface area contributed by atoms with Gasteiger partial charge in [0, 0.05) is 5.56 Å². The van der Waals surface area contributed by atoms with Crippen LogP contribution in [0.5, 0.6) is 5.75 Å². The average molecular weight is 325 g/mol. The average Bonchev–Trinajstić information content (AvgIpc) is 2.60. The molecule has 3 aromatic rings. The highest BCUT2D eigenvalue weighted by Gasteiger charge is 2.11. The molecule has 0 unspecified atom stereocenters. The largest absolute Gasteiger partial charge is 0.493 e. The highest BCUT2D eigenvalue weighted by molar-refractivity contribution is 5.77. The van der Waals surface area contributed by atoms with E-state index in [2.05, 4.69) is 6.92 Å². The molecule has 2 aromatic carbocycles. The number of aromatic nitrogens is 1. The van der Waals surface area contributed by atoms with Crippen LogP contribution in [0.1, 0.15) is 25.3 Å². The molecule has 0 amide bonds. The maximum absolute atomic E-state index is 12.2. The number of hydrogen-bond acceptors (Lipinski definition) is 4. The van der Waals surface area contributed by atoms with Gasteiger partial charge in [-0.25, -0.2) is 9.59 Å². The Morgan fingerprint density at radius 1 is 1.04 bits per heavy atom. The first-order valence-electron chi connectivity index (χ1n) is 8.04. The minimum Gasteiger partial charge on any atom is -0.493 e. The molecule has 5 heteroatoms. The minimum atomic E-state index is -0.665. The number of rotatable bonds is 6. The van der Waals surface area contributed by atoms with Gasteiger partial charge in [0.1, 0.15) is 5.75 Å². The SMILES string of the molecule is CCCCOc1ccccc1Cn1c(=O)oc(=O)c2ccccc21. The summed E-state index contributed by atoms with van der Waals surface area (Å²) in [6.45, 7) is 3.02. The molecule has 0 bridgehead atoms. The van der Waals surface area contributed by atoms with Crippen LogP contribution < -0.4 is 16.1 Å². The van der Waals surface area contributed by atoms with Crippen molar-refractivity contribution in [2.75, 3.05) is 6.61 Å². The lowest BCUT2D eigenvalue weighted by molar-refractivity contribution is 0.305. The topological polar surface area (TPSA) is 61.4 Å². The quantitative estimate of drug-likeness (QED) is 0.653. The van der Waals surface area contributed by atoms with Gasteiger partial charge in [0.05, 0.1) is 24.1 Å². The summed E-state index contributed by atoms with van der Waals surface area (Å²) in [5.74, 6) is 0.0789. The molecule has 0 aliphatic heterocycles. The van der Waals surface area contributed by atoms with Crippen molar-refractivity contribution in [3.8, 4) is 5.75 Å². The number of nitrogens with zero attached hydrogens (tertiary/aromatic N) is 1. The Morgan fingerprint density at radius 3 is 2.62 bits per heavy atom. The summed E-state index contributed by atoms with van der Waals surface area (Å²) < 4.78 is 12.1. The van der Waals surface area contributed by atoms with E-state index in [-0.39, 0.29) is 6.54 Å². The van der Waals surface area contributed by atoms with Gasteiger partial charge in [0.25, 0.3) is 0 Å². The number of hydrogen-bond donors (Lipinski definition) is 0. The van der Waals surface area contributed by atoms with Crippen molar-refractivity contribution in [2.45, 2.75) is 26.3 Å². The molecule has 124 valence electrons. The lowest BCUT2D eigenvalue weighted by Crippen LogP contribution is -2.25. The Kier molecular flexibility index (Phi) is 4.79. The van der Waals surface area contributed by atoms with Gasteiger partial charge in [-0.1, -0.05) is 43.7 Å². The van der Waals surface area contributed by atoms with E-state index in [1.54, 1.807) is 24.3 Å². The van der Waals surface area contributed by atoms with E-state index >= 15 is 0 Å². The van der Waals surface area contributed by atoms with Crippen molar-refractivity contribution < 1.29 is 9.15 Å². The molecule has 0 saturated heterocycles. The van der Waals surface area contributed by atoms with E-state index in [0.29, 0.717) is 17.5 Å². The first-order valence-corrected chi connectivity index (χ1v) is 8.04. The molecule has 0 fully saturated rings. The zero-order chi connectivity index (χ0) is 16.9. The predicted octanol–water partition coefficient (Wildman–Crippen LogP) is 3.18. The second kappa shape index (κ2) is 7.17. The first-order chi connectivity index (χ1) is 11.7. The van der Waals surface area contributed by atoms with E-state index in [1.165, 1.54) is 4.57 Å². The van der Waals surface area contributed by atoms with Crippen LogP contribution in [-0.4, -0.2) is 11.2 Å². The van der Waals surface area contributed by atoms with Crippen LogP contribution in [0, 0.1) is 0 Å². The molecule has 0 spiro atoms. The molecule has 5 nitrogen and oxygen atoms in total. The molecule has 1 aromatic heterocycles. The highest BCUT2D eigenvalue weighted by Crippen LogP contribution is 2.20. The monoisotopic (exact) mass is 325 g/mol. The van der Waals surface area contributed by atoms with E-state index in [1.807, 2.05) is 24.3 Å². The van der Waals surface area contributed by atoms with Gasteiger partial charge < -0.3 is 9.15 Å². The van der Waals surface area contributed by atoms with Gasteiger partial charge in [-0.3, -0.25) is 4.57 Å². The molecular formula is C19H19NO4. The van der Waals surface area contributed by atoms with E-state index in [4.69, 9.17) is 9.15 Å². The normalized spacial score (nSPS) is 10.9. The van der Waals surface area contributed by atoms with Crippen LogP contribution in [0.3, 0.4) is 0 Å². The number of benzene rings is 2. The highest BCUT2D eigenvalue weighted by atomic mass is 16.5. The number of para-hydroxylation sites is 2. The summed E-state index contributed by atoms with van der Waals surface area (Å²) in [7, 11) is 0. The van der Waals surface area contributed by atoms with Crippen LogP contribution >= 0.6 is 0 Å². The summed E-state index contributed by atoms with van der Waals surface area (Å²) >= 11 is 0. The third kappa shape index (κ3) is 3.25. The van der Waals surface area contributed by atoms with Gasteiger partial charge in [-0.15, -0.1) is 0 Å². The maximum Gasteiger partial charge on any atom is 0.422 e. The molecule has 0 N–H and O–H groups in total. The Labute approximate surface area is 139 Å². The van der Waals surface area contributed by atoms with Crippen molar-refractivity contribution >= 4 is 10.9 Å². The smallest absolute Gasteiger partial charge is 0.422 e. The van der Waals surface area contributed by atoms with Crippen LogP contribution in [0.2, 0.25) is 0 Å². The molecule has 0 radical (unpaired) electrons. The number of unbranched alkanes of at least 4 members (excludes halogenated alkanes) is 1. The van der Waals surface area contributed by atoms with Gasteiger partial charge in [0.15, 0.2) is 0 Å². The van der Waals surface area contributed by atoms with Crippen molar-refractivity contribution in [1.29, 1.82) is 0 Å². The molecule has 0 atom stereocenters. The Hall–Kier alpha value is -2.82. The molecule has 1 heterocycles. The number of fused-ring (bicyclic) bond motifs is 1. The summed E-state index contributed by atoms with van der Waals surface area (Å²) in [6.07, 6.45) is 2.02. The third-order valence-corrected chi connectivity index (χ3v) is 3.87. The van der Waals surface area contributed by atoms with E-state index < -0.39 is 11.4 Å². The van der Waals surface area contributed by atoms with Crippen molar-refractivity contribution in [3.63, 3.8) is 0 Å². The molecule has 3 rings (SSSR count). The van der Waals surface area contributed by atoms with E-state index in [9.17, 15) is 9.59 Å². The lowest BCUT2D eigenvalue weighted by atomic mass is 10.2. The van der Waals surface area contributed by atoms with Crippen LogP contribution in [0.4, 0.5) is 0 Å². The number of ether oxygens (including phenoxy) is 1. The lowest BCUT2D eigenvalue weighted by Gasteiger charge is -2.13. The first kappa shape index (κ1) is 16.1. The van der Waals surface area contributed by atoms with Gasteiger partial charge in [-0.05, 0) is 24.6 Å².